The van der Waals surface area contributed by atoms with Crippen molar-refractivity contribution < 1.29 is 59.8 Å². The molecule has 41 heavy (non-hydrogen) atoms. The van der Waals surface area contributed by atoms with Crippen LogP contribution in [-0.2, 0) is 25.4 Å². The van der Waals surface area contributed by atoms with Crippen LogP contribution >= 0.6 is 15.9 Å². The van der Waals surface area contributed by atoms with Gasteiger partial charge < -0.3 is 50.2 Å². The highest BCUT2D eigenvalue weighted by Crippen LogP contribution is 2.54. The number of methoxy groups -OCH3 is 2. The lowest BCUT2D eigenvalue weighted by atomic mass is 9.70. The molecule has 0 amide bonds. The van der Waals surface area contributed by atoms with Crippen LogP contribution in [0.2, 0.25) is 0 Å². The van der Waals surface area contributed by atoms with Crippen molar-refractivity contribution in [3.63, 3.8) is 0 Å². The van der Waals surface area contributed by atoms with E-state index in [1.165, 1.54) is 32.4 Å². The highest BCUT2D eigenvalue weighted by Gasteiger charge is 2.57. The Morgan fingerprint density at radius 3 is 2.37 bits per heavy atom. The smallest absolute Gasteiger partial charge is 0.207 e. The summed E-state index contributed by atoms with van der Waals surface area (Å²) in [5.41, 5.74) is 0.649. The third-order valence-electron chi connectivity index (χ3n) is 8.56. The standard InChI is InChI=1S/C28H32BrNO11/c1-11-22(32)14(30)7-17(40-11)41-16-9-27(37,28(10-29,38-2)39-3)8-13-19(16)26(36)21-20(24(13)34)23(33)12-5-4-6-15(31)18(12)25(21)35/h4-6,11,14,16-17,22,31-32,34,36-37H,7-10,30H2,1-3H3/p+1/t11-,14+,16-,17+,22-,27-/m0/s1. The number of alkyl halides is 1. The normalized spacial score (nSPS) is 29.6. The zero-order valence-electron chi connectivity index (χ0n) is 22.7. The zero-order chi connectivity index (χ0) is 30.0. The van der Waals surface area contributed by atoms with Crippen LogP contribution in [0, 0.1) is 0 Å². The van der Waals surface area contributed by atoms with Crippen LogP contribution in [0.25, 0.3) is 0 Å². The summed E-state index contributed by atoms with van der Waals surface area (Å²) >= 11 is 3.33. The molecule has 5 rings (SSSR count). The Morgan fingerprint density at radius 2 is 1.76 bits per heavy atom. The van der Waals surface area contributed by atoms with Gasteiger partial charge in [-0.2, -0.15) is 0 Å². The van der Waals surface area contributed by atoms with Gasteiger partial charge in [-0.25, -0.2) is 0 Å². The SMILES string of the molecule is COC(CBr)(OC)[C@]1(O)Cc2c(O)c3c(c(O)c2[C@@H](O[C@@H]2C[C@@H]([NH3+])[C@@H](O)[C@H](C)O2)C1)C(=O)c1c(O)cccc1C3=O. The lowest BCUT2D eigenvalue weighted by Crippen LogP contribution is -2.71. The Balaban J connectivity index is 1.71. The molecule has 3 aliphatic rings. The summed E-state index contributed by atoms with van der Waals surface area (Å²) < 4.78 is 23.4. The average Bonchev–Trinajstić information content (AvgIpc) is 2.93. The molecule has 13 heteroatoms. The fourth-order valence-corrected chi connectivity index (χ4v) is 7.26. The van der Waals surface area contributed by atoms with E-state index in [1.807, 2.05) is 0 Å². The van der Waals surface area contributed by atoms with Gasteiger partial charge in [-0.05, 0) is 13.0 Å². The monoisotopic (exact) mass is 638 g/mol. The van der Waals surface area contributed by atoms with Crippen molar-refractivity contribution in [1.82, 2.24) is 0 Å². The van der Waals surface area contributed by atoms with Crippen molar-refractivity contribution in [2.45, 2.75) is 68.2 Å². The number of quaternary nitrogens is 1. The van der Waals surface area contributed by atoms with Gasteiger partial charge >= 0.3 is 0 Å². The van der Waals surface area contributed by atoms with E-state index in [-0.39, 0.29) is 46.8 Å². The second kappa shape index (κ2) is 10.6. The first-order valence-electron chi connectivity index (χ1n) is 13.1. The van der Waals surface area contributed by atoms with Gasteiger partial charge in [-0.15, -0.1) is 0 Å². The van der Waals surface area contributed by atoms with Crippen molar-refractivity contribution >= 4 is 27.5 Å². The van der Waals surface area contributed by atoms with Crippen molar-refractivity contribution in [2.24, 2.45) is 0 Å². The van der Waals surface area contributed by atoms with Gasteiger partial charge in [0.2, 0.25) is 11.6 Å². The van der Waals surface area contributed by atoms with E-state index in [0.717, 1.165) is 0 Å². The van der Waals surface area contributed by atoms with E-state index in [1.54, 1.807) is 6.92 Å². The van der Waals surface area contributed by atoms with E-state index in [0.29, 0.717) is 0 Å². The number of aliphatic hydroxyl groups excluding tert-OH is 1. The zero-order valence-corrected chi connectivity index (χ0v) is 24.3. The molecule has 2 aromatic rings. The predicted octanol–water partition coefficient (Wildman–Crippen LogP) is 0.804. The number of benzene rings is 2. The Morgan fingerprint density at radius 1 is 1.10 bits per heavy atom. The molecule has 0 unspecified atom stereocenters. The molecule has 8 N–H and O–H groups in total. The van der Waals surface area contributed by atoms with Gasteiger partial charge in [0.15, 0.2) is 12.1 Å². The predicted molar refractivity (Wildman–Crippen MR) is 144 cm³/mol. The average molecular weight is 639 g/mol. The van der Waals surface area contributed by atoms with E-state index >= 15 is 0 Å². The third kappa shape index (κ3) is 4.38. The number of phenolic OH excluding ortho intramolecular Hbond substituents is 3. The maximum atomic E-state index is 13.6. The first kappa shape index (κ1) is 29.9. The molecule has 1 saturated heterocycles. The molecule has 0 radical (unpaired) electrons. The van der Waals surface area contributed by atoms with E-state index in [4.69, 9.17) is 18.9 Å². The van der Waals surface area contributed by atoms with Crippen LogP contribution in [0.3, 0.4) is 0 Å². The molecule has 1 fully saturated rings. The quantitative estimate of drug-likeness (QED) is 0.127. The second-order valence-electron chi connectivity index (χ2n) is 10.8. The van der Waals surface area contributed by atoms with Crippen LogP contribution in [0.5, 0.6) is 17.2 Å². The van der Waals surface area contributed by atoms with Crippen molar-refractivity contribution in [1.29, 1.82) is 0 Å². The number of ketones is 2. The van der Waals surface area contributed by atoms with Gasteiger partial charge in [0.05, 0.1) is 40.6 Å². The Labute approximate surface area is 243 Å². The Kier molecular flexibility index (Phi) is 7.71. The van der Waals surface area contributed by atoms with E-state index in [2.05, 4.69) is 21.7 Å². The maximum absolute atomic E-state index is 13.6. The number of carbonyl (C=O) groups is 2. The number of fused-ring (bicyclic) bond motifs is 3. The van der Waals surface area contributed by atoms with Gasteiger partial charge in [0, 0.05) is 43.8 Å². The summed E-state index contributed by atoms with van der Waals surface area (Å²) in [6.07, 6.45) is -4.06. The molecule has 1 heterocycles. The van der Waals surface area contributed by atoms with Crippen molar-refractivity contribution in [2.75, 3.05) is 19.5 Å². The van der Waals surface area contributed by atoms with Gasteiger partial charge in [0.25, 0.3) is 0 Å². The van der Waals surface area contributed by atoms with E-state index in [9.17, 15) is 35.1 Å². The van der Waals surface area contributed by atoms with Gasteiger partial charge in [-0.3, -0.25) is 9.59 Å². The molecule has 0 bridgehead atoms. The number of hydrogen-bond donors (Lipinski definition) is 6. The summed E-state index contributed by atoms with van der Waals surface area (Å²) in [5, 5.41) is 55.9. The van der Waals surface area contributed by atoms with Crippen LogP contribution in [0.1, 0.15) is 68.8 Å². The van der Waals surface area contributed by atoms with Crippen molar-refractivity contribution in [3.05, 3.63) is 51.6 Å². The molecular weight excluding hydrogens is 606 g/mol. The van der Waals surface area contributed by atoms with Crippen LogP contribution in [0.15, 0.2) is 18.2 Å². The summed E-state index contributed by atoms with van der Waals surface area (Å²) in [6, 6.07) is 3.53. The minimum Gasteiger partial charge on any atom is -0.507 e. The highest BCUT2D eigenvalue weighted by molar-refractivity contribution is 9.09. The molecule has 0 saturated carbocycles. The first-order chi connectivity index (χ1) is 19.3. The van der Waals surface area contributed by atoms with Gasteiger partial charge in [0.1, 0.15) is 35.0 Å². The molecular formula is C28H33BrNO11+. The number of aromatic hydroxyl groups is 3. The minimum atomic E-state index is -1.89. The fourth-order valence-electron chi connectivity index (χ4n) is 6.28. The van der Waals surface area contributed by atoms with Crippen molar-refractivity contribution in [3.8, 4) is 17.2 Å². The second-order valence-corrected chi connectivity index (χ2v) is 11.3. The Bertz CT molecular complexity index is 1390. The topological polar surface area (TPSA) is 200 Å². The van der Waals surface area contributed by atoms with Crippen LogP contribution in [-0.4, -0.2) is 92.6 Å². The molecule has 2 aromatic carbocycles. The first-order valence-corrected chi connectivity index (χ1v) is 14.2. The lowest BCUT2D eigenvalue weighted by Gasteiger charge is -2.49. The highest BCUT2D eigenvalue weighted by atomic mass is 79.9. The largest absolute Gasteiger partial charge is 0.507 e. The van der Waals surface area contributed by atoms with Gasteiger partial charge in [-0.1, -0.05) is 28.1 Å². The molecule has 1 aliphatic heterocycles. The number of hydrogen-bond acceptors (Lipinski definition) is 11. The van der Waals surface area contributed by atoms with E-state index < -0.39 is 82.0 Å². The molecule has 0 spiro atoms. The number of phenols is 3. The Hall–Kier alpha value is -2.62. The fraction of sp³-hybridized carbons (Fsp3) is 0.500. The molecule has 222 valence electrons. The molecule has 2 aliphatic carbocycles. The summed E-state index contributed by atoms with van der Waals surface area (Å²) in [6.45, 7) is 1.66. The number of carbonyl (C=O) groups excluding carboxylic acids is 2. The molecule has 6 atom stereocenters. The summed E-state index contributed by atoms with van der Waals surface area (Å²) in [7, 11) is 2.68. The number of aliphatic hydroxyl groups is 2. The number of rotatable bonds is 6. The summed E-state index contributed by atoms with van der Waals surface area (Å²) in [4.78, 5) is 27.2. The van der Waals surface area contributed by atoms with Crippen LogP contribution in [0.4, 0.5) is 0 Å². The number of ether oxygens (including phenoxy) is 4. The van der Waals surface area contributed by atoms with Crippen LogP contribution < -0.4 is 5.73 Å². The third-order valence-corrected chi connectivity index (χ3v) is 9.30. The minimum absolute atomic E-state index is 0.00256. The summed E-state index contributed by atoms with van der Waals surface area (Å²) in [5.74, 6) is -4.98. The molecule has 12 nitrogen and oxygen atoms in total. The lowest BCUT2D eigenvalue weighted by molar-refractivity contribution is -0.466. The number of halogens is 1. The maximum Gasteiger partial charge on any atom is 0.207 e. The molecule has 0 aromatic heterocycles.